The van der Waals surface area contributed by atoms with Crippen molar-refractivity contribution in [2.75, 3.05) is 26.3 Å². The van der Waals surface area contributed by atoms with E-state index in [2.05, 4.69) is 4.90 Å². The van der Waals surface area contributed by atoms with Crippen molar-refractivity contribution in [2.45, 2.75) is 50.5 Å². The third-order valence-corrected chi connectivity index (χ3v) is 4.74. The maximum absolute atomic E-state index is 12.6. The number of rotatable bonds is 4. The fraction of sp³-hybridized carbons (Fsp3) is 0.929. The Balaban J connectivity index is 1.73. The normalized spacial score (nSPS) is 29.4. The van der Waals surface area contributed by atoms with E-state index in [4.69, 9.17) is 4.74 Å². The van der Waals surface area contributed by atoms with Crippen LogP contribution in [0.5, 0.6) is 0 Å². The van der Waals surface area contributed by atoms with Crippen molar-refractivity contribution in [3.05, 3.63) is 0 Å². The fourth-order valence-electron chi connectivity index (χ4n) is 3.50. The van der Waals surface area contributed by atoms with Crippen molar-refractivity contribution in [2.24, 2.45) is 5.92 Å². The molecule has 2 aliphatic carbocycles. The van der Waals surface area contributed by atoms with Crippen molar-refractivity contribution >= 4 is 5.78 Å². The second-order valence-corrected chi connectivity index (χ2v) is 5.91. The highest BCUT2D eigenvalue weighted by Crippen LogP contribution is 2.41. The van der Waals surface area contributed by atoms with Gasteiger partial charge in [-0.3, -0.25) is 9.69 Å². The maximum atomic E-state index is 12.6. The molecule has 0 spiro atoms. The van der Waals surface area contributed by atoms with Gasteiger partial charge in [-0.1, -0.05) is 12.8 Å². The number of morpholine rings is 1. The van der Waals surface area contributed by atoms with Gasteiger partial charge >= 0.3 is 0 Å². The molecule has 0 N–H and O–H groups in total. The van der Waals surface area contributed by atoms with Gasteiger partial charge in [0.2, 0.25) is 0 Å². The first-order valence-corrected chi connectivity index (χ1v) is 7.17. The zero-order valence-electron chi connectivity index (χ0n) is 10.6. The third kappa shape index (κ3) is 2.27. The van der Waals surface area contributed by atoms with Crippen LogP contribution in [0.2, 0.25) is 0 Å². The molecular weight excluding hydrogens is 214 g/mol. The smallest absolute Gasteiger partial charge is 0.153 e. The maximum Gasteiger partial charge on any atom is 0.153 e. The molecule has 3 aliphatic rings. The van der Waals surface area contributed by atoms with E-state index in [1.807, 2.05) is 0 Å². The van der Waals surface area contributed by atoms with Crippen LogP contribution in [-0.4, -0.2) is 42.5 Å². The van der Waals surface area contributed by atoms with Crippen LogP contribution in [0.1, 0.15) is 44.9 Å². The van der Waals surface area contributed by atoms with Crippen LogP contribution in [0, 0.1) is 5.92 Å². The second-order valence-electron chi connectivity index (χ2n) is 5.91. The van der Waals surface area contributed by atoms with Crippen molar-refractivity contribution in [3.63, 3.8) is 0 Å². The SMILES string of the molecule is O=C(CC1CC1)C1(N2CCOCC2)CCCC1. The molecule has 1 aliphatic heterocycles. The van der Waals surface area contributed by atoms with E-state index in [9.17, 15) is 4.79 Å². The lowest BCUT2D eigenvalue weighted by Crippen LogP contribution is -2.56. The minimum atomic E-state index is -0.0909. The molecule has 0 aromatic rings. The number of hydrogen-bond donors (Lipinski definition) is 0. The fourth-order valence-corrected chi connectivity index (χ4v) is 3.50. The summed E-state index contributed by atoms with van der Waals surface area (Å²) in [5, 5.41) is 0. The third-order valence-electron chi connectivity index (χ3n) is 4.74. The molecule has 1 saturated heterocycles. The molecule has 3 fully saturated rings. The van der Waals surface area contributed by atoms with Gasteiger partial charge in [0.25, 0.3) is 0 Å². The number of nitrogens with zero attached hydrogens (tertiary/aromatic N) is 1. The highest BCUT2D eigenvalue weighted by Gasteiger charge is 2.46. The van der Waals surface area contributed by atoms with E-state index in [1.165, 1.54) is 25.7 Å². The van der Waals surface area contributed by atoms with Crippen LogP contribution in [0.4, 0.5) is 0 Å². The Hall–Kier alpha value is -0.410. The van der Waals surface area contributed by atoms with E-state index in [0.717, 1.165) is 51.5 Å². The molecule has 96 valence electrons. The molecule has 0 atom stereocenters. The zero-order chi connectivity index (χ0) is 11.7. The molecule has 0 unspecified atom stereocenters. The van der Waals surface area contributed by atoms with E-state index < -0.39 is 0 Å². The molecule has 0 amide bonds. The lowest BCUT2D eigenvalue weighted by molar-refractivity contribution is -0.134. The standard InChI is InChI=1S/C14H23NO2/c16-13(11-12-3-4-12)14(5-1-2-6-14)15-7-9-17-10-8-15/h12H,1-11H2. The van der Waals surface area contributed by atoms with E-state index in [0.29, 0.717) is 5.78 Å². The van der Waals surface area contributed by atoms with Crippen LogP contribution in [0.3, 0.4) is 0 Å². The van der Waals surface area contributed by atoms with E-state index >= 15 is 0 Å². The van der Waals surface area contributed by atoms with Gasteiger partial charge in [0.1, 0.15) is 0 Å². The molecule has 0 radical (unpaired) electrons. The first-order valence-electron chi connectivity index (χ1n) is 7.17. The Labute approximate surface area is 104 Å². The monoisotopic (exact) mass is 237 g/mol. The number of ether oxygens (including phenoxy) is 1. The molecule has 1 heterocycles. The predicted molar refractivity (Wildman–Crippen MR) is 65.9 cm³/mol. The first-order chi connectivity index (χ1) is 8.31. The van der Waals surface area contributed by atoms with Gasteiger partial charge in [-0.2, -0.15) is 0 Å². The Bertz CT molecular complexity index is 287. The lowest BCUT2D eigenvalue weighted by Gasteiger charge is -2.42. The highest BCUT2D eigenvalue weighted by atomic mass is 16.5. The lowest BCUT2D eigenvalue weighted by atomic mass is 9.86. The Morgan fingerprint density at radius 2 is 1.82 bits per heavy atom. The summed E-state index contributed by atoms with van der Waals surface area (Å²) >= 11 is 0. The van der Waals surface area contributed by atoms with Gasteiger partial charge < -0.3 is 4.74 Å². The van der Waals surface area contributed by atoms with Crippen molar-refractivity contribution in [1.29, 1.82) is 0 Å². The molecule has 3 rings (SSSR count). The van der Waals surface area contributed by atoms with Gasteiger partial charge in [-0.25, -0.2) is 0 Å². The zero-order valence-corrected chi connectivity index (χ0v) is 10.6. The summed E-state index contributed by atoms with van der Waals surface area (Å²) in [4.78, 5) is 15.1. The Kier molecular flexibility index (Phi) is 3.22. The number of hydrogen-bond acceptors (Lipinski definition) is 3. The minimum Gasteiger partial charge on any atom is -0.379 e. The molecule has 3 nitrogen and oxygen atoms in total. The predicted octanol–water partition coefficient (Wildman–Crippen LogP) is 2.00. The summed E-state index contributed by atoms with van der Waals surface area (Å²) in [6, 6.07) is 0. The minimum absolute atomic E-state index is 0.0909. The van der Waals surface area contributed by atoms with Gasteiger partial charge in [0.05, 0.1) is 18.8 Å². The number of carbonyl (C=O) groups excluding carboxylic acids is 1. The Morgan fingerprint density at radius 1 is 1.18 bits per heavy atom. The van der Waals surface area contributed by atoms with Crippen molar-refractivity contribution < 1.29 is 9.53 Å². The van der Waals surface area contributed by atoms with Crippen molar-refractivity contribution in [3.8, 4) is 0 Å². The summed E-state index contributed by atoms with van der Waals surface area (Å²) in [5.74, 6) is 1.26. The topological polar surface area (TPSA) is 29.5 Å². The van der Waals surface area contributed by atoms with Crippen LogP contribution in [-0.2, 0) is 9.53 Å². The molecule has 3 heteroatoms. The van der Waals surface area contributed by atoms with Crippen LogP contribution < -0.4 is 0 Å². The average Bonchev–Trinajstić information content (AvgIpc) is 3.04. The summed E-state index contributed by atoms with van der Waals surface area (Å²) < 4.78 is 5.42. The van der Waals surface area contributed by atoms with Crippen LogP contribution in [0.15, 0.2) is 0 Å². The van der Waals surface area contributed by atoms with Gasteiger partial charge in [-0.15, -0.1) is 0 Å². The highest BCUT2D eigenvalue weighted by molar-refractivity contribution is 5.89. The number of ketones is 1. The molecular formula is C14H23NO2. The van der Waals surface area contributed by atoms with Gasteiger partial charge in [0.15, 0.2) is 5.78 Å². The number of carbonyl (C=O) groups is 1. The largest absolute Gasteiger partial charge is 0.379 e. The molecule has 17 heavy (non-hydrogen) atoms. The van der Waals surface area contributed by atoms with Gasteiger partial charge in [0, 0.05) is 19.5 Å². The van der Waals surface area contributed by atoms with E-state index in [-0.39, 0.29) is 5.54 Å². The quantitative estimate of drug-likeness (QED) is 0.749. The Morgan fingerprint density at radius 3 is 2.41 bits per heavy atom. The average molecular weight is 237 g/mol. The van der Waals surface area contributed by atoms with Crippen molar-refractivity contribution in [1.82, 2.24) is 4.90 Å². The summed E-state index contributed by atoms with van der Waals surface area (Å²) in [6.07, 6.45) is 8.06. The molecule has 0 bridgehead atoms. The number of Topliss-reactive ketones (excluding diaryl/α,β-unsaturated/α-hetero) is 1. The molecule has 0 aromatic heterocycles. The molecule has 2 saturated carbocycles. The first kappa shape index (κ1) is 11.7. The van der Waals surface area contributed by atoms with Gasteiger partial charge in [-0.05, 0) is 31.6 Å². The summed E-state index contributed by atoms with van der Waals surface area (Å²) in [7, 11) is 0. The second kappa shape index (κ2) is 4.69. The molecule has 0 aromatic carbocycles. The summed E-state index contributed by atoms with van der Waals surface area (Å²) in [6.45, 7) is 3.52. The van der Waals surface area contributed by atoms with Crippen LogP contribution >= 0.6 is 0 Å². The van der Waals surface area contributed by atoms with Crippen LogP contribution in [0.25, 0.3) is 0 Å². The summed E-state index contributed by atoms with van der Waals surface area (Å²) in [5.41, 5.74) is -0.0909. The van der Waals surface area contributed by atoms with E-state index in [1.54, 1.807) is 0 Å².